The van der Waals surface area contributed by atoms with E-state index in [1.807, 2.05) is 26.8 Å². The van der Waals surface area contributed by atoms with E-state index in [0.29, 0.717) is 48.1 Å². The van der Waals surface area contributed by atoms with Crippen LogP contribution in [0.4, 0.5) is 11.4 Å². The Labute approximate surface area is 171 Å². The Balaban J connectivity index is 2.35. The van der Waals surface area contributed by atoms with Crippen LogP contribution >= 0.6 is 0 Å². The Hall–Kier alpha value is -3.06. The van der Waals surface area contributed by atoms with Crippen LogP contribution in [0.25, 0.3) is 0 Å². The monoisotopic (exact) mass is 399 g/mol. The number of hydrogen-bond donors (Lipinski definition) is 3. The van der Waals surface area contributed by atoms with Gasteiger partial charge in [0.15, 0.2) is 0 Å². The van der Waals surface area contributed by atoms with Crippen molar-refractivity contribution in [3.05, 3.63) is 48.0 Å². The molecule has 2 aromatic rings. The summed E-state index contributed by atoms with van der Waals surface area (Å²) in [6, 6.07) is 11.6. The average Bonchev–Trinajstić information content (AvgIpc) is 2.72. The van der Waals surface area contributed by atoms with Crippen molar-refractivity contribution in [2.24, 2.45) is 5.73 Å². The number of anilines is 2. The Bertz CT molecular complexity index is 824. The molecule has 0 spiro atoms. The first-order valence-electron chi connectivity index (χ1n) is 9.86. The van der Waals surface area contributed by atoms with E-state index in [2.05, 4.69) is 10.6 Å². The van der Waals surface area contributed by atoms with Crippen LogP contribution in [0.15, 0.2) is 42.5 Å². The lowest BCUT2D eigenvalue weighted by molar-refractivity contribution is -0.117. The maximum Gasteiger partial charge on any atom is 0.255 e. The van der Waals surface area contributed by atoms with Gasteiger partial charge in [0, 0.05) is 17.7 Å². The van der Waals surface area contributed by atoms with Crippen LogP contribution in [0.3, 0.4) is 0 Å². The van der Waals surface area contributed by atoms with Gasteiger partial charge in [-0.15, -0.1) is 0 Å². The third-order valence-electron chi connectivity index (χ3n) is 4.16. The minimum atomic E-state index is -0.609. The van der Waals surface area contributed by atoms with E-state index < -0.39 is 6.04 Å². The minimum Gasteiger partial charge on any atom is -0.492 e. The summed E-state index contributed by atoms with van der Waals surface area (Å²) in [6.45, 7) is 6.44. The summed E-state index contributed by atoms with van der Waals surface area (Å²) in [5.74, 6) is 0.294. The molecule has 2 rings (SSSR count). The quantitative estimate of drug-likeness (QED) is 0.564. The van der Waals surface area contributed by atoms with Gasteiger partial charge in [-0.05, 0) is 32.4 Å². The lowest BCUT2D eigenvalue weighted by Gasteiger charge is -2.19. The van der Waals surface area contributed by atoms with E-state index in [1.165, 1.54) is 0 Å². The molecule has 0 aliphatic rings. The van der Waals surface area contributed by atoms with Gasteiger partial charge in [-0.25, -0.2) is 0 Å². The van der Waals surface area contributed by atoms with Gasteiger partial charge in [-0.1, -0.05) is 31.5 Å². The number of carbonyl (C=O) groups is 2. The third kappa shape index (κ3) is 6.22. The fourth-order valence-electron chi connectivity index (χ4n) is 2.76. The van der Waals surface area contributed by atoms with Crippen molar-refractivity contribution in [3.63, 3.8) is 0 Å². The molecule has 2 aromatic carbocycles. The lowest BCUT2D eigenvalue weighted by Crippen LogP contribution is -2.35. The molecule has 0 saturated heterocycles. The number of nitrogens with two attached hydrogens (primary N) is 1. The topological polar surface area (TPSA) is 103 Å². The molecule has 0 radical (unpaired) electrons. The molecule has 0 aromatic heterocycles. The molecule has 7 heteroatoms. The highest BCUT2D eigenvalue weighted by Gasteiger charge is 2.19. The third-order valence-corrected chi connectivity index (χ3v) is 4.16. The predicted octanol–water partition coefficient (Wildman–Crippen LogP) is 3.80. The SMILES string of the molecule is CCCC(N)C(=O)Nc1cc(OCC)c(NC(=O)c2ccccc2)cc1OCC. The molecule has 0 aliphatic carbocycles. The molecule has 0 heterocycles. The molecule has 0 bridgehead atoms. The van der Waals surface area contributed by atoms with E-state index in [-0.39, 0.29) is 11.8 Å². The van der Waals surface area contributed by atoms with Gasteiger partial charge < -0.3 is 25.8 Å². The molecule has 7 nitrogen and oxygen atoms in total. The van der Waals surface area contributed by atoms with E-state index in [1.54, 1.807) is 36.4 Å². The second-order valence-electron chi connectivity index (χ2n) is 6.42. The van der Waals surface area contributed by atoms with Gasteiger partial charge in [0.05, 0.1) is 30.6 Å². The highest BCUT2D eigenvalue weighted by atomic mass is 16.5. The molecular weight excluding hydrogens is 370 g/mol. The number of amides is 2. The zero-order chi connectivity index (χ0) is 21.2. The number of carbonyl (C=O) groups excluding carboxylic acids is 2. The molecule has 0 saturated carbocycles. The Kier molecular flexibility index (Phi) is 8.48. The number of ether oxygens (including phenoxy) is 2. The van der Waals surface area contributed by atoms with Crippen molar-refractivity contribution in [3.8, 4) is 11.5 Å². The van der Waals surface area contributed by atoms with E-state index in [9.17, 15) is 9.59 Å². The molecule has 1 unspecified atom stereocenters. The zero-order valence-corrected chi connectivity index (χ0v) is 17.2. The van der Waals surface area contributed by atoms with Crippen LogP contribution in [-0.4, -0.2) is 31.1 Å². The summed E-state index contributed by atoms with van der Waals surface area (Å²) < 4.78 is 11.4. The standard InChI is InChI=1S/C22H29N3O4/c1-4-10-16(23)22(27)25-18-14-19(28-5-2)17(13-20(18)29-6-3)24-21(26)15-11-8-7-9-12-15/h7-9,11-14,16H,4-6,10,23H2,1-3H3,(H,24,26)(H,25,27). The summed E-state index contributed by atoms with van der Waals surface area (Å²) in [5, 5.41) is 5.66. The van der Waals surface area contributed by atoms with Crippen molar-refractivity contribution in [2.75, 3.05) is 23.8 Å². The van der Waals surface area contributed by atoms with Crippen molar-refractivity contribution in [2.45, 2.75) is 39.7 Å². The number of nitrogens with one attached hydrogen (secondary N) is 2. The molecule has 1 atom stereocenters. The fourth-order valence-corrected chi connectivity index (χ4v) is 2.76. The Morgan fingerprint density at radius 2 is 1.48 bits per heavy atom. The predicted molar refractivity (Wildman–Crippen MR) is 115 cm³/mol. The van der Waals surface area contributed by atoms with Crippen molar-refractivity contribution in [1.82, 2.24) is 0 Å². The second-order valence-corrected chi connectivity index (χ2v) is 6.42. The maximum absolute atomic E-state index is 12.6. The highest BCUT2D eigenvalue weighted by Crippen LogP contribution is 2.37. The Morgan fingerprint density at radius 3 is 2.00 bits per heavy atom. The fraction of sp³-hybridized carbons (Fsp3) is 0.364. The van der Waals surface area contributed by atoms with E-state index in [0.717, 1.165) is 6.42 Å². The van der Waals surface area contributed by atoms with Crippen LogP contribution in [0.2, 0.25) is 0 Å². The summed E-state index contributed by atoms with van der Waals surface area (Å²) >= 11 is 0. The van der Waals surface area contributed by atoms with Gasteiger partial charge in [-0.3, -0.25) is 9.59 Å². The first kappa shape index (κ1) is 22.2. The molecule has 29 heavy (non-hydrogen) atoms. The zero-order valence-electron chi connectivity index (χ0n) is 17.2. The average molecular weight is 399 g/mol. The minimum absolute atomic E-state index is 0.268. The molecule has 0 aliphatic heterocycles. The first-order valence-corrected chi connectivity index (χ1v) is 9.86. The number of rotatable bonds is 10. The largest absolute Gasteiger partial charge is 0.492 e. The van der Waals surface area contributed by atoms with Crippen LogP contribution in [0.1, 0.15) is 44.0 Å². The van der Waals surface area contributed by atoms with Crippen molar-refractivity contribution in [1.29, 1.82) is 0 Å². The van der Waals surface area contributed by atoms with Gasteiger partial charge in [-0.2, -0.15) is 0 Å². The number of hydrogen-bond acceptors (Lipinski definition) is 5. The molecule has 2 amide bonds. The summed E-state index contributed by atoms with van der Waals surface area (Å²) in [7, 11) is 0. The highest BCUT2D eigenvalue weighted by molar-refractivity contribution is 6.05. The molecular formula is C22H29N3O4. The van der Waals surface area contributed by atoms with Crippen LogP contribution in [0.5, 0.6) is 11.5 Å². The summed E-state index contributed by atoms with van der Waals surface area (Å²) in [5.41, 5.74) is 7.35. The molecule has 0 fully saturated rings. The first-order chi connectivity index (χ1) is 14.0. The van der Waals surface area contributed by atoms with Crippen LogP contribution in [-0.2, 0) is 4.79 Å². The number of benzene rings is 2. The van der Waals surface area contributed by atoms with E-state index >= 15 is 0 Å². The summed E-state index contributed by atoms with van der Waals surface area (Å²) in [4.78, 5) is 24.9. The normalized spacial score (nSPS) is 11.4. The maximum atomic E-state index is 12.6. The Morgan fingerprint density at radius 1 is 0.931 bits per heavy atom. The van der Waals surface area contributed by atoms with Gasteiger partial charge in [0.1, 0.15) is 11.5 Å². The van der Waals surface area contributed by atoms with Crippen LogP contribution in [0, 0.1) is 0 Å². The van der Waals surface area contributed by atoms with Gasteiger partial charge in [0.2, 0.25) is 5.91 Å². The van der Waals surface area contributed by atoms with Crippen molar-refractivity contribution < 1.29 is 19.1 Å². The lowest BCUT2D eigenvalue weighted by atomic mass is 10.1. The second kappa shape index (κ2) is 11.1. The van der Waals surface area contributed by atoms with Gasteiger partial charge in [0.25, 0.3) is 5.91 Å². The molecule has 156 valence electrons. The van der Waals surface area contributed by atoms with Gasteiger partial charge >= 0.3 is 0 Å². The smallest absolute Gasteiger partial charge is 0.255 e. The summed E-state index contributed by atoms with van der Waals surface area (Å²) in [6.07, 6.45) is 1.39. The van der Waals surface area contributed by atoms with Crippen LogP contribution < -0.4 is 25.8 Å². The van der Waals surface area contributed by atoms with E-state index in [4.69, 9.17) is 15.2 Å². The van der Waals surface area contributed by atoms with Crippen molar-refractivity contribution >= 4 is 23.2 Å². The molecule has 4 N–H and O–H groups in total.